The lowest BCUT2D eigenvalue weighted by atomic mass is 9.89. The molecule has 5 heteroatoms. The fourth-order valence-electron chi connectivity index (χ4n) is 7.95. The Morgan fingerprint density at radius 3 is 1.16 bits per heavy atom. The second kappa shape index (κ2) is 16.9. The summed E-state index contributed by atoms with van der Waals surface area (Å²) >= 11 is 0. The van der Waals surface area contributed by atoms with Gasteiger partial charge in [-0.05, 0) is 63.7 Å². The van der Waals surface area contributed by atoms with Crippen molar-refractivity contribution in [3.05, 3.63) is 230 Å². The summed E-state index contributed by atoms with van der Waals surface area (Å²) in [6, 6.07) is 78.5. The molecule has 0 spiro atoms. The zero-order valence-electron chi connectivity index (χ0n) is 33.6. The van der Waals surface area contributed by atoms with Gasteiger partial charge in [0.2, 0.25) is 0 Å². The van der Waals surface area contributed by atoms with Gasteiger partial charge in [-0.25, -0.2) is 19.9 Å². The van der Waals surface area contributed by atoms with Crippen molar-refractivity contribution in [2.45, 2.75) is 0 Å². The van der Waals surface area contributed by atoms with E-state index in [1.807, 2.05) is 103 Å². The molecule has 0 aliphatic heterocycles. The van der Waals surface area contributed by atoms with Crippen LogP contribution < -0.4 is 0 Å². The molecule has 0 aliphatic rings. The molecule has 0 radical (unpaired) electrons. The fourth-order valence-corrected chi connectivity index (χ4v) is 7.95. The maximum Gasteiger partial charge on any atom is 0.160 e. The van der Waals surface area contributed by atoms with Gasteiger partial charge in [-0.2, -0.15) is 5.26 Å². The maximum absolute atomic E-state index is 9.89. The minimum absolute atomic E-state index is 0.627. The lowest BCUT2D eigenvalue weighted by molar-refractivity contribution is 1.18. The Morgan fingerprint density at radius 2 is 0.613 bits per heavy atom. The number of hydrogen-bond donors (Lipinski definition) is 0. The topological polar surface area (TPSA) is 75.3 Å². The Balaban J connectivity index is 1.09. The quantitative estimate of drug-likeness (QED) is 0.145. The van der Waals surface area contributed by atoms with Gasteiger partial charge < -0.3 is 0 Å². The van der Waals surface area contributed by atoms with Crippen LogP contribution in [-0.2, 0) is 0 Å². The molecule has 0 atom stereocenters. The summed E-state index contributed by atoms with van der Waals surface area (Å²) in [6.45, 7) is 0. The van der Waals surface area contributed by atoms with E-state index in [1.165, 1.54) is 0 Å². The zero-order valence-corrected chi connectivity index (χ0v) is 33.6. The van der Waals surface area contributed by atoms with E-state index in [2.05, 4.69) is 127 Å². The summed E-state index contributed by atoms with van der Waals surface area (Å²) in [5.41, 5.74) is 15.9. The van der Waals surface area contributed by atoms with Crippen molar-refractivity contribution in [2.75, 3.05) is 0 Å². The Morgan fingerprint density at radius 1 is 0.258 bits per heavy atom. The maximum atomic E-state index is 9.89. The van der Waals surface area contributed by atoms with Crippen molar-refractivity contribution in [1.29, 1.82) is 5.26 Å². The second-order valence-corrected chi connectivity index (χ2v) is 14.9. The number of benzene rings is 8. The molecule has 0 unspecified atom stereocenters. The summed E-state index contributed by atoms with van der Waals surface area (Å²) in [5.74, 6) is 1.31. The summed E-state index contributed by atoms with van der Waals surface area (Å²) < 4.78 is 0. The number of aromatic nitrogens is 4. The average molecular weight is 792 g/mol. The van der Waals surface area contributed by atoms with Crippen molar-refractivity contribution in [2.24, 2.45) is 0 Å². The standard InChI is InChI=1S/C57H37N5/c58-38-46-24-10-11-29-47(46)42-25-16-27-44(34-42)54-37-55(62-57(61-54)41-22-8-3-9-23-41)51-33-15-14-32-50(51)49-31-13-12-30-48(49)43-26-17-28-45(35-43)53-36-52(39-18-4-1-5-19-39)59-56(60-53)40-20-6-2-7-21-40/h1-37H. The molecule has 2 aromatic heterocycles. The van der Waals surface area contributed by atoms with Gasteiger partial charge >= 0.3 is 0 Å². The molecule has 8 aromatic carbocycles. The molecule has 5 nitrogen and oxygen atoms in total. The highest BCUT2D eigenvalue weighted by Crippen LogP contribution is 2.40. The van der Waals surface area contributed by atoms with Crippen LogP contribution in [0.15, 0.2) is 224 Å². The number of hydrogen-bond acceptors (Lipinski definition) is 5. The Hall–Kier alpha value is -8.59. The molecule has 10 aromatic rings. The molecule has 0 saturated carbocycles. The van der Waals surface area contributed by atoms with Crippen LogP contribution in [0.25, 0.3) is 101 Å². The van der Waals surface area contributed by atoms with Gasteiger partial charge in [0, 0.05) is 33.4 Å². The second-order valence-electron chi connectivity index (χ2n) is 14.9. The highest BCUT2D eigenvalue weighted by atomic mass is 14.9. The monoisotopic (exact) mass is 791 g/mol. The lowest BCUT2D eigenvalue weighted by Crippen LogP contribution is -1.98. The molecule has 0 aliphatic carbocycles. The Bertz CT molecular complexity index is 3190. The molecule has 0 bridgehead atoms. The summed E-state index contributed by atoms with van der Waals surface area (Å²) in [4.78, 5) is 20.5. The van der Waals surface area contributed by atoms with E-state index in [0.29, 0.717) is 17.2 Å². The molecule has 2 heterocycles. The predicted octanol–water partition coefficient (Wildman–Crippen LogP) is 14.1. The molecular weight excluding hydrogens is 755 g/mol. The molecule has 290 valence electrons. The first-order valence-electron chi connectivity index (χ1n) is 20.5. The van der Waals surface area contributed by atoms with Crippen LogP contribution in [0.3, 0.4) is 0 Å². The van der Waals surface area contributed by atoms with E-state index in [4.69, 9.17) is 19.9 Å². The van der Waals surface area contributed by atoms with Gasteiger partial charge in [0.15, 0.2) is 11.6 Å². The SMILES string of the molecule is N#Cc1ccccc1-c1cccc(-c2cc(-c3ccccc3-c3ccccc3-c3cccc(-c4cc(-c5ccccc5)nc(-c5ccccc5)n4)c3)nc(-c3ccccc3)n2)c1. The largest absolute Gasteiger partial charge is 0.228 e. The minimum Gasteiger partial charge on any atom is -0.228 e. The van der Waals surface area contributed by atoms with E-state index in [1.54, 1.807) is 0 Å². The number of rotatable bonds is 9. The molecule has 62 heavy (non-hydrogen) atoms. The Labute approximate surface area is 361 Å². The van der Waals surface area contributed by atoms with Gasteiger partial charge in [0.25, 0.3) is 0 Å². The highest BCUT2D eigenvalue weighted by Gasteiger charge is 2.18. The van der Waals surface area contributed by atoms with Gasteiger partial charge in [0.05, 0.1) is 34.4 Å². The van der Waals surface area contributed by atoms with Crippen molar-refractivity contribution in [3.8, 4) is 107 Å². The Kier molecular flexibility index (Phi) is 10.3. The number of nitrogens with zero attached hydrogens (tertiary/aromatic N) is 5. The summed E-state index contributed by atoms with van der Waals surface area (Å²) in [5, 5.41) is 9.89. The van der Waals surface area contributed by atoms with Crippen molar-refractivity contribution >= 4 is 0 Å². The third kappa shape index (κ3) is 7.68. The van der Waals surface area contributed by atoms with Crippen molar-refractivity contribution in [1.82, 2.24) is 19.9 Å². The third-order valence-corrected chi connectivity index (χ3v) is 11.0. The van der Waals surface area contributed by atoms with Crippen molar-refractivity contribution in [3.63, 3.8) is 0 Å². The van der Waals surface area contributed by atoms with Crippen LogP contribution in [0.5, 0.6) is 0 Å². The van der Waals surface area contributed by atoms with Crippen LogP contribution in [0.1, 0.15) is 5.56 Å². The van der Waals surface area contributed by atoms with E-state index >= 15 is 0 Å². The van der Waals surface area contributed by atoms with Gasteiger partial charge in [-0.3, -0.25) is 0 Å². The van der Waals surface area contributed by atoms with Crippen LogP contribution >= 0.6 is 0 Å². The van der Waals surface area contributed by atoms with Crippen molar-refractivity contribution < 1.29 is 0 Å². The van der Waals surface area contributed by atoms with Crippen LogP contribution in [0, 0.1) is 11.3 Å². The lowest BCUT2D eigenvalue weighted by Gasteiger charge is -2.16. The first-order valence-corrected chi connectivity index (χ1v) is 20.5. The van der Waals surface area contributed by atoms with E-state index in [0.717, 1.165) is 89.5 Å². The zero-order chi connectivity index (χ0) is 41.7. The molecule has 0 N–H and O–H groups in total. The first-order chi connectivity index (χ1) is 30.7. The van der Waals surface area contributed by atoms with Gasteiger partial charge in [-0.1, -0.05) is 194 Å². The van der Waals surface area contributed by atoms with Gasteiger partial charge in [-0.15, -0.1) is 0 Å². The number of nitriles is 1. The molecule has 0 amide bonds. The average Bonchev–Trinajstić information content (AvgIpc) is 3.37. The van der Waals surface area contributed by atoms with E-state index < -0.39 is 0 Å². The van der Waals surface area contributed by atoms with Gasteiger partial charge in [0.1, 0.15) is 0 Å². The van der Waals surface area contributed by atoms with Crippen LogP contribution in [-0.4, -0.2) is 19.9 Å². The highest BCUT2D eigenvalue weighted by molar-refractivity contribution is 5.92. The summed E-state index contributed by atoms with van der Waals surface area (Å²) in [7, 11) is 0. The minimum atomic E-state index is 0.627. The molecular formula is C57H37N5. The smallest absolute Gasteiger partial charge is 0.160 e. The third-order valence-electron chi connectivity index (χ3n) is 11.0. The van der Waals surface area contributed by atoms with Crippen LogP contribution in [0.2, 0.25) is 0 Å². The molecule has 0 saturated heterocycles. The molecule has 0 fully saturated rings. The summed E-state index contributed by atoms with van der Waals surface area (Å²) in [6.07, 6.45) is 0. The van der Waals surface area contributed by atoms with E-state index in [9.17, 15) is 5.26 Å². The normalized spacial score (nSPS) is 10.9. The van der Waals surface area contributed by atoms with Crippen LogP contribution in [0.4, 0.5) is 0 Å². The van der Waals surface area contributed by atoms with E-state index in [-0.39, 0.29) is 0 Å². The predicted molar refractivity (Wildman–Crippen MR) is 251 cm³/mol. The fraction of sp³-hybridized carbons (Fsp3) is 0. The molecule has 10 rings (SSSR count). The first kappa shape index (κ1) is 37.7.